The predicted octanol–water partition coefficient (Wildman–Crippen LogP) is 3.15. The maximum atomic E-state index is 5.29. The molecule has 2 aromatic rings. The molecule has 0 saturated heterocycles. The van der Waals surface area contributed by atoms with Gasteiger partial charge in [0.25, 0.3) is 0 Å². The number of aromatic nitrogens is 2. The van der Waals surface area contributed by atoms with Crippen molar-refractivity contribution in [3.05, 3.63) is 40.2 Å². The van der Waals surface area contributed by atoms with Gasteiger partial charge in [0.05, 0.1) is 12.8 Å². The third-order valence-corrected chi connectivity index (χ3v) is 3.16. The molecule has 0 unspecified atom stereocenters. The fraction of sp³-hybridized carbons (Fsp3) is 0.231. The van der Waals surface area contributed by atoms with Gasteiger partial charge in [-0.2, -0.15) is 0 Å². The Hall–Kier alpha value is -1.88. The summed E-state index contributed by atoms with van der Waals surface area (Å²) in [4.78, 5) is 4.42. The number of nitrogens with one attached hydrogen (secondary N) is 1. The molecule has 1 aromatic carbocycles. The van der Waals surface area contributed by atoms with Gasteiger partial charge in [0.2, 0.25) is 0 Å². The van der Waals surface area contributed by atoms with Crippen molar-refractivity contribution in [2.75, 3.05) is 7.11 Å². The molecule has 0 radical (unpaired) electrons. The lowest BCUT2D eigenvalue weighted by molar-refractivity contribution is 0.415. The topological polar surface area (TPSA) is 42.3 Å². The van der Waals surface area contributed by atoms with E-state index in [4.69, 9.17) is 17.0 Å². The van der Waals surface area contributed by atoms with E-state index in [0.717, 1.165) is 27.3 Å². The summed E-state index contributed by atoms with van der Waals surface area (Å²) in [5, 5.41) is 3.13. The minimum Gasteiger partial charge on any atom is -0.497 e. The average Bonchev–Trinajstić information content (AvgIpc) is 2.61. The lowest BCUT2D eigenvalue weighted by Gasteiger charge is -1.99. The van der Waals surface area contributed by atoms with Crippen LogP contribution in [0.5, 0.6) is 5.75 Å². The summed E-state index contributed by atoms with van der Waals surface area (Å²) in [5.74, 6) is 0.791. The first-order valence-electron chi connectivity index (χ1n) is 5.55. The van der Waals surface area contributed by atoms with Crippen LogP contribution in [0.1, 0.15) is 11.3 Å². The van der Waals surface area contributed by atoms with Crippen LogP contribution in [0.15, 0.2) is 29.3 Å². The van der Waals surface area contributed by atoms with Crippen molar-refractivity contribution in [1.82, 2.24) is 9.78 Å². The quantitative estimate of drug-likeness (QED) is 0.681. The molecule has 1 N–H and O–H groups in total. The summed E-state index contributed by atoms with van der Waals surface area (Å²) in [7, 11) is 3.53. The van der Waals surface area contributed by atoms with E-state index in [1.165, 1.54) is 0 Å². The summed E-state index contributed by atoms with van der Waals surface area (Å²) >= 11 is 5.29. The summed E-state index contributed by atoms with van der Waals surface area (Å²) in [6.45, 7) is 1.97. The summed E-state index contributed by atoms with van der Waals surface area (Å²) in [6, 6.07) is 7.59. The van der Waals surface area contributed by atoms with Crippen LogP contribution in [-0.2, 0) is 7.05 Å². The van der Waals surface area contributed by atoms with E-state index < -0.39 is 0 Å². The summed E-state index contributed by atoms with van der Waals surface area (Å²) in [6.07, 6.45) is 1.78. The monoisotopic (exact) mass is 261 g/mol. The number of nitrogens with zero attached hydrogens (tertiary/aromatic N) is 2. The van der Waals surface area contributed by atoms with Gasteiger partial charge in [0, 0.05) is 30.6 Å². The van der Waals surface area contributed by atoms with Gasteiger partial charge < -0.3 is 9.84 Å². The zero-order valence-electron chi connectivity index (χ0n) is 10.6. The highest BCUT2D eigenvalue weighted by Crippen LogP contribution is 2.19. The van der Waals surface area contributed by atoms with Crippen molar-refractivity contribution >= 4 is 24.1 Å². The van der Waals surface area contributed by atoms with Gasteiger partial charge in [0.15, 0.2) is 0 Å². The third-order valence-electron chi connectivity index (χ3n) is 2.67. The molecule has 0 spiro atoms. The maximum Gasteiger partial charge on any atom is 0.130 e. The molecule has 5 heteroatoms. The minimum atomic E-state index is 0.749. The Labute approximate surface area is 111 Å². The molecule has 0 aliphatic carbocycles. The van der Waals surface area contributed by atoms with Crippen molar-refractivity contribution < 1.29 is 4.74 Å². The Kier molecular flexibility index (Phi) is 3.62. The molecule has 0 fully saturated rings. The molecule has 94 valence electrons. The van der Waals surface area contributed by atoms with Gasteiger partial charge >= 0.3 is 0 Å². The van der Waals surface area contributed by atoms with Gasteiger partial charge in [0.1, 0.15) is 10.4 Å². The van der Waals surface area contributed by atoms with Crippen molar-refractivity contribution in [3.63, 3.8) is 0 Å². The first-order valence-corrected chi connectivity index (χ1v) is 5.96. The first-order chi connectivity index (χ1) is 8.61. The van der Waals surface area contributed by atoms with Crippen LogP contribution < -0.4 is 4.74 Å². The van der Waals surface area contributed by atoms with E-state index >= 15 is 0 Å². The second-order valence-corrected chi connectivity index (χ2v) is 4.36. The van der Waals surface area contributed by atoms with Crippen LogP contribution in [0.3, 0.4) is 0 Å². The number of aromatic amines is 1. The van der Waals surface area contributed by atoms with E-state index in [1.54, 1.807) is 18.0 Å². The Morgan fingerprint density at radius 2 is 2.22 bits per heavy atom. The molecule has 0 amide bonds. The molecule has 1 heterocycles. The van der Waals surface area contributed by atoms with Crippen LogP contribution in [0.2, 0.25) is 0 Å². The number of H-pyrrole nitrogens is 1. The van der Waals surface area contributed by atoms with E-state index in [9.17, 15) is 0 Å². The van der Waals surface area contributed by atoms with E-state index in [-0.39, 0.29) is 0 Å². The highest BCUT2D eigenvalue weighted by atomic mass is 32.1. The van der Waals surface area contributed by atoms with Gasteiger partial charge in [-0.1, -0.05) is 18.3 Å². The van der Waals surface area contributed by atoms with Gasteiger partial charge in [-0.3, -0.25) is 9.67 Å². The highest BCUT2D eigenvalue weighted by molar-refractivity contribution is 7.71. The number of rotatable bonds is 3. The molecule has 0 atom stereocenters. The minimum absolute atomic E-state index is 0.749. The van der Waals surface area contributed by atoms with Crippen LogP contribution in [0.25, 0.3) is 0 Å². The molecule has 0 bridgehead atoms. The van der Waals surface area contributed by atoms with Gasteiger partial charge in [-0.25, -0.2) is 0 Å². The van der Waals surface area contributed by atoms with Crippen molar-refractivity contribution in [2.24, 2.45) is 12.0 Å². The third kappa shape index (κ3) is 2.51. The largest absolute Gasteiger partial charge is 0.497 e. The van der Waals surface area contributed by atoms with E-state index in [1.807, 2.05) is 38.2 Å². The molecular weight excluding hydrogens is 246 g/mol. The molecule has 0 saturated carbocycles. The highest BCUT2D eigenvalue weighted by Gasteiger charge is 2.02. The Morgan fingerprint density at radius 1 is 1.44 bits per heavy atom. The zero-order chi connectivity index (χ0) is 13.1. The first kappa shape index (κ1) is 12.6. The van der Waals surface area contributed by atoms with Gasteiger partial charge in [-0.15, -0.1) is 0 Å². The predicted molar refractivity (Wildman–Crippen MR) is 75.6 cm³/mol. The van der Waals surface area contributed by atoms with Crippen LogP contribution in [0, 0.1) is 11.6 Å². The maximum absolute atomic E-state index is 5.29. The number of benzene rings is 1. The number of hydrogen-bond acceptors (Lipinski definition) is 3. The van der Waals surface area contributed by atoms with Crippen molar-refractivity contribution in [3.8, 4) is 5.75 Å². The molecular formula is C13H15N3OS. The molecule has 18 heavy (non-hydrogen) atoms. The zero-order valence-corrected chi connectivity index (χ0v) is 11.4. The fourth-order valence-corrected chi connectivity index (χ4v) is 1.94. The second kappa shape index (κ2) is 5.18. The number of aliphatic imine (C=N–C) groups is 1. The lowest BCUT2D eigenvalue weighted by Crippen LogP contribution is -1.88. The van der Waals surface area contributed by atoms with Gasteiger partial charge in [-0.05, 0) is 19.1 Å². The Morgan fingerprint density at radius 3 is 2.83 bits per heavy atom. The van der Waals surface area contributed by atoms with Crippen LogP contribution >= 0.6 is 12.2 Å². The summed E-state index contributed by atoms with van der Waals surface area (Å²) in [5.41, 5.74) is 2.79. The molecule has 0 aliphatic heterocycles. The average molecular weight is 261 g/mol. The standard InChI is InChI=1S/C13H15N3OS/c1-9-12(13(18)16(2)15-9)8-14-10-5-4-6-11(7-10)17-3/h4-8,15H,1-3H3. The Balaban J connectivity index is 2.32. The molecule has 1 aromatic heterocycles. The smallest absolute Gasteiger partial charge is 0.130 e. The normalized spacial score (nSPS) is 11.1. The molecule has 0 aliphatic rings. The lowest BCUT2D eigenvalue weighted by atomic mass is 10.3. The number of hydrogen-bond donors (Lipinski definition) is 1. The Bertz CT molecular complexity index is 640. The van der Waals surface area contributed by atoms with Crippen LogP contribution in [-0.4, -0.2) is 23.1 Å². The SMILES string of the molecule is COc1cccc(N=Cc2c(C)[nH]n(C)c2=S)c1. The number of methoxy groups -OCH3 is 1. The fourth-order valence-electron chi connectivity index (χ4n) is 1.69. The number of ether oxygens (including phenoxy) is 1. The number of aryl methyl sites for hydroxylation is 2. The van der Waals surface area contributed by atoms with E-state index in [0.29, 0.717) is 0 Å². The molecule has 4 nitrogen and oxygen atoms in total. The van der Waals surface area contributed by atoms with E-state index in [2.05, 4.69) is 10.1 Å². The van der Waals surface area contributed by atoms with Crippen LogP contribution in [0.4, 0.5) is 5.69 Å². The van der Waals surface area contributed by atoms with Crippen molar-refractivity contribution in [2.45, 2.75) is 6.92 Å². The second-order valence-electron chi connectivity index (χ2n) is 3.97. The molecule has 2 rings (SSSR count). The summed E-state index contributed by atoms with van der Waals surface area (Å²) < 4.78 is 7.71. The van der Waals surface area contributed by atoms with Crippen molar-refractivity contribution in [1.29, 1.82) is 0 Å².